The molecule has 0 saturated carbocycles. The fraction of sp³-hybridized carbons (Fsp3) is 0.0323. The Hall–Kier alpha value is -4.44. The van der Waals surface area contributed by atoms with E-state index in [1.54, 1.807) is 22.7 Å². The third-order valence-electron chi connectivity index (χ3n) is 6.03. The van der Waals surface area contributed by atoms with Gasteiger partial charge < -0.3 is 4.90 Å². The minimum absolute atomic E-state index is 0.641. The minimum Gasteiger partial charge on any atom is -0.302 e. The molecule has 0 spiro atoms. The zero-order chi connectivity index (χ0) is 25.2. The van der Waals surface area contributed by atoms with Crippen LogP contribution in [0.1, 0.15) is 10.4 Å². The van der Waals surface area contributed by atoms with Crippen molar-refractivity contribution in [3.63, 3.8) is 0 Å². The Morgan fingerprint density at radius 1 is 0.730 bits per heavy atom. The van der Waals surface area contributed by atoms with Gasteiger partial charge in [0.2, 0.25) is 0 Å². The molecule has 0 amide bonds. The van der Waals surface area contributed by atoms with Crippen molar-refractivity contribution in [2.24, 2.45) is 0 Å². The number of imidazole rings is 1. The number of thiophene rings is 2. The highest BCUT2D eigenvalue weighted by Gasteiger charge is 2.19. The van der Waals surface area contributed by atoms with Crippen molar-refractivity contribution in [1.82, 2.24) is 9.55 Å². The summed E-state index contributed by atoms with van der Waals surface area (Å²) in [6.45, 7) is 2.11. The van der Waals surface area contributed by atoms with E-state index in [0.717, 1.165) is 43.3 Å². The van der Waals surface area contributed by atoms with Gasteiger partial charge in [0.1, 0.15) is 5.00 Å². The molecular formula is C31H22N4S2. The molecule has 6 heteroatoms. The Labute approximate surface area is 224 Å². The van der Waals surface area contributed by atoms with E-state index in [2.05, 4.69) is 101 Å². The van der Waals surface area contributed by atoms with Gasteiger partial charge in [-0.25, -0.2) is 4.98 Å². The van der Waals surface area contributed by atoms with E-state index in [-0.39, 0.29) is 0 Å². The molecule has 0 aliphatic rings. The molecule has 37 heavy (non-hydrogen) atoms. The second kappa shape index (κ2) is 9.90. The van der Waals surface area contributed by atoms with E-state index < -0.39 is 0 Å². The van der Waals surface area contributed by atoms with Crippen LogP contribution in [0.3, 0.4) is 0 Å². The van der Waals surface area contributed by atoms with Gasteiger partial charge in [-0.3, -0.25) is 4.57 Å². The summed E-state index contributed by atoms with van der Waals surface area (Å²) < 4.78 is 2.12. The number of aryl methyl sites for hydroxylation is 1. The Bertz CT molecular complexity index is 1650. The first kappa shape index (κ1) is 23.0. The number of anilines is 3. The topological polar surface area (TPSA) is 44.9 Å². The van der Waals surface area contributed by atoms with Gasteiger partial charge in [-0.05, 0) is 79.7 Å². The van der Waals surface area contributed by atoms with Crippen LogP contribution in [0.15, 0.2) is 115 Å². The molecule has 0 aliphatic heterocycles. The van der Waals surface area contributed by atoms with Crippen LogP contribution < -0.4 is 4.90 Å². The number of rotatable bonds is 6. The summed E-state index contributed by atoms with van der Waals surface area (Å²) in [7, 11) is 0. The average molecular weight is 515 g/mol. The summed E-state index contributed by atoms with van der Waals surface area (Å²) in [6, 6.07) is 39.2. The number of hydrogen-bond donors (Lipinski definition) is 0. The number of nitrogens with zero attached hydrogens (tertiary/aromatic N) is 4. The molecule has 3 heterocycles. The zero-order valence-corrected chi connectivity index (χ0v) is 21.7. The lowest BCUT2D eigenvalue weighted by atomic mass is 10.2. The van der Waals surface area contributed by atoms with Gasteiger partial charge in [0.15, 0.2) is 5.82 Å². The van der Waals surface area contributed by atoms with E-state index in [0.29, 0.717) is 5.56 Å². The molecule has 0 atom stereocenters. The van der Waals surface area contributed by atoms with Crippen LogP contribution >= 0.6 is 22.7 Å². The van der Waals surface area contributed by atoms with Crippen LogP contribution in [0, 0.1) is 18.3 Å². The van der Waals surface area contributed by atoms with Crippen molar-refractivity contribution in [3.05, 3.63) is 126 Å². The van der Waals surface area contributed by atoms with Crippen LogP contribution in [0.25, 0.3) is 27.0 Å². The van der Waals surface area contributed by atoms with Crippen LogP contribution in [0.4, 0.5) is 16.4 Å². The van der Waals surface area contributed by atoms with Gasteiger partial charge >= 0.3 is 0 Å². The maximum absolute atomic E-state index is 9.23. The maximum atomic E-state index is 9.23. The van der Waals surface area contributed by atoms with Crippen molar-refractivity contribution >= 4 is 39.0 Å². The number of benzene rings is 3. The molecule has 3 aromatic carbocycles. The molecule has 4 nitrogen and oxygen atoms in total. The number of aromatic nitrogens is 2. The zero-order valence-electron chi connectivity index (χ0n) is 20.1. The standard InChI is InChI=1S/C31H22N4S2/c1-22-12-17-29(36-22)31-33-27(21-34(31)24-15-13-23(20-32)14-16-24)28-18-19-30(37-28)35(25-8-4-2-5-9-25)26-10-6-3-7-11-26/h2-19,21H,1H3. The van der Waals surface area contributed by atoms with E-state index in [1.165, 1.54) is 4.88 Å². The third-order valence-corrected chi connectivity index (χ3v) is 8.12. The second-order valence-corrected chi connectivity index (χ2v) is 10.9. The predicted octanol–water partition coefficient (Wildman–Crippen LogP) is 8.98. The number of para-hydroxylation sites is 2. The molecule has 3 aromatic heterocycles. The summed E-state index contributed by atoms with van der Waals surface area (Å²) in [5.74, 6) is 0.899. The van der Waals surface area contributed by atoms with E-state index in [4.69, 9.17) is 4.98 Å². The summed E-state index contributed by atoms with van der Waals surface area (Å²) in [5, 5.41) is 10.3. The monoisotopic (exact) mass is 514 g/mol. The molecule has 0 aliphatic carbocycles. The van der Waals surface area contributed by atoms with Gasteiger partial charge in [-0.2, -0.15) is 5.26 Å². The SMILES string of the molecule is Cc1ccc(-c2nc(-c3ccc(N(c4ccccc4)c4ccccc4)s3)cn2-c2ccc(C#N)cc2)s1. The van der Waals surface area contributed by atoms with E-state index in [1.807, 2.05) is 36.4 Å². The maximum Gasteiger partial charge on any atom is 0.155 e. The summed E-state index contributed by atoms with van der Waals surface area (Å²) in [6.07, 6.45) is 2.09. The van der Waals surface area contributed by atoms with Gasteiger partial charge in [0.05, 0.1) is 27.1 Å². The van der Waals surface area contributed by atoms with Crippen molar-refractivity contribution < 1.29 is 0 Å². The minimum atomic E-state index is 0.641. The van der Waals surface area contributed by atoms with Crippen LogP contribution in [-0.4, -0.2) is 9.55 Å². The van der Waals surface area contributed by atoms with Gasteiger partial charge in [0.25, 0.3) is 0 Å². The summed E-state index contributed by atoms with van der Waals surface area (Å²) >= 11 is 3.45. The second-order valence-electron chi connectivity index (χ2n) is 8.53. The van der Waals surface area contributed by atoms with Crippen molar-refractivity contribution in [2.75, 3.05) is 4.90 Å². The number of hydrogen-bond acceptors (Lipinski definition) is 5. The lowest BCUT2D eigenvalue weighted by Gasteiger charge is -2.23. The van der Waals surface area contributed by atoms with Crippen LogP contribution in [-0.2, 0) is 0 Å². The first-order chi connectivity index (χ1) is 18.2. The lowest BCUT2D eigenvalue weighted by molar-refractivity contribution is 1.07. The molecular weight excluding hydrogens is 493 g/mol. The highest BCUT2D eigenvalue weighted by molar-refractivity contribution is 7.19. The highest BCUT2D eigenvalue weighted by Crippen LogP contribution is 2.42. The smallest absolute Gasteiger partial charge is 0.155 e. The molecule has 0 N–H and O–H groups in total. The van der Waals surface area contributed by atoms with Crippen molar-refractivity contribution in [3.8, 4) is 33.0 Å². The molecule has 0 unspecified atom stereocenters. The average Bonchev–Trinajstić information content (AvgIpc) is 3.70. The highest BCUT2D eigenvalue weighted by atomic mass is 32.1. The van der Waals surface area contributed by atoms with Gasteiger partial charge in [-0.15, -0.1) is 22.7 Å². The summed E-state index contributed by atoms with van der Waals surface area (Å²) in [5.41, 5.74) is 4.76. The molecule has 0 bridgehead atoms. The quantitative estimate of drug-likeness (QED) is 0.223. The van der Waals surface area contributed by atoms with Crippen molar-refractivity contribution in [2.45, 2.75) is 6.92 Å². The molecule has 6 aromatic rings. The first-order valence-electron chi connectivity index (χ1n) is 11.9. The van der Waals surface area contributed by atoms with Gasteiger partial charge in [0, 0.05) is 28.1 Å². The third kappa shape index (κ3) is 4.58. The molecule has 6 rings (SSSR count). The Balaban J connectivity index is 1.44. The molecule has 178 valence electrons. The Morgan fingerprint density at radius 2 is 1.38 bits per heavy atom. The predicted molar refractivity (Wildman–Crippen MR) is 154 cm³/mol. The normalized spacial score (nSPS) is 10.8. The lowest BCUT2D eigenvalue weighted by Crippen LogP contribution is -2.07. The van der Waals surface area contributed by atoms with Crippen LogP contribution in [0.5, 0.6) is 0 Å². The summed E-state index contributed by atoms with van der Waals surface area (Å²) in [4.78, 5) is 10.8. The Kier molecular flexibility index (Phi) is 6.15. The molecule has 0 radical (unpaired) electrons. The van der Waals surface area contributed by atoms with E-state index in [9.17, 15) is 5.26 Å². The number of nitriles is 1. The van der Waals surface area contributed by atoms with Crippen LogP contribution in [0.2, 0.25) is 0 Å². The first-order valence-corrected chi connectivity index (χ1v) is 13.5. The van der Waals surface area contributed by atoms with E-state index >= 15 is 0 Å². The fourth-order valence-electron chi connectivity index (χ4n) is 4.26. The molecule has 0 fully saturated rings. The largest absolute Gasteiger partial charge is 0.302 e. The Morgan fingerprint density at radius 3 is 1.97 bits per heavy atom. The van der Waals surface area contributed by atoms with Gasteiger partial charge in [-0.1, -0.05) is 36.4 Å². The fourth-order valence-corrected chi connectivity index (χ4v) is 6.12. The van der Waals surface area contributed by atoms with Crippen molar-refractivity contribution in [1.29, 1.82) is 5.26 Å². The molecule has 0 saturated heterocycles.